The third-order valence-corrected chi connectivity index (χ3v) is 4.04. The normalized spacial score (nSPS) is 12.0. The molecule has 0 fully saturated rings. The summed E-state index contributed by atoms with van der Waals surface area (Å²) in [6.07, 6.45) is 1.40. The molecule has 8 heteroatoms. The van der Waals surface area contributed by atoms with Crippen LogP contribution in [0.2, 0.25) is 5.02 Å². The Bertz CT molecular complexity index is 727. The van der Waals surface area contributed by atoms with Gasteiger partial charge in [0.15, 0.2) is 0 Å². The van der Waals surface area contributed by atoms with E-state index in [1.54, 1.807) is 11.3 Å². The number of hydrogen-bond acceptors (Lipinski definition) is 5. The third-order valence-electron chi connectivity index (χ3n) is 3.08. The number of nitrogens with one attached hydrogen (secondary N) is 1. The molecule has 0 saturated carbocycles. The average Bonchev–Trinajstić information content (AvgIpc) is 3.19. The number of hydrogen-bond donors (Lipinski definition) is 1. The van der Waals surface area contributed by atoms with E-state index >= 15 is 0 Å². The lowest BCUT2D eigenvalue weighted by Crippen LogP contribution is -2.32. The molecule has 0 aliphatic rings. The molecule has 0 aliphatic carbocycles. The van der Waals surface area contributed by atoms with Gasteiger partial charge in [0.05, 0.1) is 6.04 Å². The zero-order valence-electron chi connectivity index (χ0n) is 11.4. The zero-order valence-corrected chi connectivity index (χ0v) is 13.0. The van der Waals surface area contributed by atoms with Gasteiger partial charge in [0.2, 0.25) is 5.91 Å². The maximum atomic E-state index is 12.2. The number of carbonyl (C=O) groups is 1. The van der Waals surface area contributed by atoms with Crippen LogP contribution in [0.1, 0.15) is 17.2 Å². The second kappa shape index (κ2) is 6.67. The van der Waals surface area contributed by atoms with Gasteiger partial charge in [-0.25, -0.2) is 4.68 Å². The fourth-order valence-corrected chi connectivity index (χ4v) is 2.87. The molecule has 22 heavy (non-hydrogen) atoms. The van der Waals surface area contributed by atoms with Crippen molar-refractivity contribution < 1.29 is 4.79 Å². The van der Waals surface area contributed by atoms with Crippen molar-refractivity contribution in [3.8, 4) is 0 Å². The predicted octanol–water partition coefficient (Wildman–Crippen LogP) is 2.29. The van der Waals surface area contributed by atoms with Crippen LogP contribution >= 0.6 is 22.9 Å². The largest absolute Gasteiger partial charge is 0.344 e. The summed E-state index contributed by atoms with van der Waals surface area (Å²) in [5, 5.41) is 18.4. The highest BCUT2D eigenvalue weighted by Gasteiger charge is 2.17. The van der Waals surface area contributed by atoms with E-state index in [0.717, 1.165) is 11.1 Å². The minimum absolute atomic E-state index is 0.0707. The molecule has 0 spiro atoms. The smallest absolute Gasteiger partial charge is 0.242 e. The molecule has 0 aliphatic heterocycles. The van der Waals surface area contributed by atoms with E-state index in [4.69, 9.17) is 11.6 Å². The first-order valence-electron chi connectivity index (χ1n) is 6.50. The number of halogens is 1. The minimum Gasteiger partial charge on any atom is -0.344 e. The predicted molar refractivity (Wildman–Crippen MR) is 83.6 cm³/mol. The van der Waals surface area contributed by atoms with Gasteiger partial charge in [-0.05, 0) is 50.5 Å². The summed E-state index contributed by atoms with van der Waals surface area (Å²) in [6, 6.07) is 9.19. The second-order valence-corrected chi connectivity index (χ2v) is 5.83. The number of thiophene rings is 1. The molecule has 3 aromatic rings. The molecule has 0 radical (unpaired) electrons. The van der Waals surface area contributed by atoms with E-state index in [0.29, 0.717) is 5.02 Å². The highest BCUT2D eigenvalue weighted by atomic mass is 35.5. The van der Waals surface area contributed by atoms with Gasteiger partial charge in [-0.3, -0.25) is 4.79 Å². The Hall–Kier alpha value is -2.25. The first-order chi connectivity index (χ1) is 10.7. The van der Waals surface area contributed by atoms with Crippen molar-refractivity contribution in [2.45, 2.75) is 12.6 Å². The zero-order chi connectivity index (χ0) is 15.4. The number of carbonyl (C=O) groups excluding carboxylic acids is 1. The Morgan fingerprint density at radius 3 is 2.73 bits per heavy atom. The van der Waals surface area contributed by atoms with Crippen LogP contribution in [-0.2, 0) is 11.3 Å². The summed E-state index contributed by atoms with van der Waals surface area (Å²) < 4.78 is 1.38. The summed E-state index contributed by atoms with van der Waals surface area (Å²) in [6.45, 7) is 0.0707. The number of aromatic nitrogens is 4. The van der Waals surface area contributed by atoms with E-state index in [2.05, 4.69) is 20.8 Å². The van der Waals surface area contributed by atoms with Crippen molar-refractivity contribution in [1.29, 1.82) is 0 Å². The molecule has 0 bridgehead atoms. The fourth-order valence-electron chi connectivity index (χ4n) is 2.06. The molecular weight excluding hydrogens is 322 g/mol. The van der Waals surface area contributed by atoms with E-state index in [9.17, 15) is 4.79 Å². The van der Waals surface area contributed by atoms with Gasteiger partial charge in [-0.2, -0.15) is 11.3 Å². The third kappa shape index (κ3) is 3.49. The first kappa shape index (κ1) is 14.7. The summed E-state index contributed by atoms with van der Waals surface area (Å²) in [4.78, 5) is 12.2. The van der Waals surface area contributed by atoms with Crippen molar-refractivity contribution in [2.24, 2.45) is 0 Å². The van der Waals surface area contributed by atoms with E-state index in [1.165, 1.54) is 11.0 Å². The summed E-state index contributed by atoms with van der Waals surface area (Å²) in [5.74, 6) is -0.168. The molecule has 1 aromatic carbocycles. The van der Waals surface area contributed by atoms with Gasteiger partial charge in [0.25, 0.3) is 0 Å². The highest BCUT2D eigenvalue weighted by Crippen LogP contribution is 2.25. The van der Waals surface area contributed by atoms with Gasteiger partial charge in [0.1, 0.15) is 12.9 Å². The van der Waals surface area contributed by atoms with Gasteiger partial charge in [-0.1, -0.05) is 23.7 Å². The Morgan fingerprint density at radius 1 is 1.27 bits per heavy atom. The molecule has 112 valence electrons. The van der Waals surface area contributed by atoms with Crippen LogP contribution in [0.25, 0.3) is 0 Å². The Kier molecular flexibility index (Phi) is 4.45. The second-order valence-electron chi connectivity index (χ2n) is 4.62. The maximum absolute atomic E-state index is 12.2. The lowest BCUT2D eigenvalue weighted by Gasteiger charge is -2.18. The Morgan fingerprint density at radius 2 is 2.09 bits per heavy atom. The molecule has 2 heterocycles. The average molecular weight is 334 g/mol. The minimum atomic E-state index is -0.229. The Balaban J connectivity index is 1.80. The molecule has 1 unspecified atom stereocenters. The van der Waals surface area contributed by atoms with E-state index < -0.39 is 0 Å². The van der Waals surface area contributed by atoms with Crippen molar-refractivity contribution in [2.75, 3.05) is 0 Å². The SMILES string of the molecule is O=C(Cn1cnnn1)NC(c1ccc(Cl)cc1)c1ccsc1. The number of nitrogens with zero attached hydrogens (tertiary/aromatic N) is 4. The molecule has 0 saturated heterocycles. The van der Waals surface area contributed by atoms with E-state index in [1.807, 2.05) is 41.1 Å². The quantitative estimate of drug-likeness (QED) is 0.777. The van der Waals surface area contributed by atoms with Crippen LogP contribution < -0.4 is 5.32 Å². The van der Waals surface area contributed by atoms with Crippen LogP contribution in [0.3, 0.4) is 0 Å². The standard InChI is InChI=1S/C14H12ClN5OS/c15-12-3-1-10(2-4-12)14(11-5-6-22-8-11)17-13(21)7-20-9-16-18-19-20/h1-6,8-9,14H,7H2,(H,17,21). The van der Waals surface area contributed by atoms with E-state index in [-0.39, 0.29) is 18.5 Å². The molecule has 3 rings (SSSR count). The lowest BCUT2D eigenvalue weighted by atomic mass is 10.0. The van der Waals surface area contributed by atoms with Gasteiger partial charge in [-0.15, -0.1) is 5.10 Å². The first-order valence-corrected chi connectivity index (χ1v) is 7.82. The van der Waals surface area contributed by atoms with Crippen LogP contribution in [0.15, 0.2) is 47.4 Å². The van der Waals surface area contributed by atoms with Crippen molar-refractivity contribution in [3.05, 3.63) is 63.6 Å². The molecule has 6 nitrogen and oxygen atoms in total. The number of benzene rings is 1. The molecule has 1 N–H and O–H groups in total. The van der Waals surface area contributed by atoms with Crippen molar-refractivity contribution in [1.82, 2.24) is 25.5 Å². The maximum Gasteiger partial charge on any atom is 0.242 e. The summed E-state index contributed by atoms with van der Waals surface area (Å²) in [7, 11) is 0. The summed E-state index contributed by atoms with van der Waals surface area (Å²) in [5.41, 5.74) is 1.99. The van der Waals surface area contributed by atoms with Crippen LogP contribution in [-0.4, -0.2) is 26.1 Å². The number of amides is 1. The molecule has 2 aromatic heterocycles. The fraction of sp³-hybridized carbons (Fsp3) is 0.143. The number of tetrazole rings is 1. The molecular formula is C14H12ClN5OS. The van der Waals surface area contributed by atoms with Gasteiger partial charge >= 0.3 is 0 Å². The molecule has 1 atom stereocenters. The van der Waals surface area contributed by atoms with Crippen molar-refractivity contribution in [3.63, 3.8) is 0 Å². The van der Waals surface area contributed by atoms with Crippen LogP contribution in [0.4, 0.5) is 0 Å². The topological polar surface area (TPSA) is 72.7 Å². The summed E-state index contributed by atoms with van der Waals surface area (Å²) >= 11 is 7.51. The van der Waals surface area contributed by atoms with Crippen LogP contribution in [0, 0.1) is 0 Å². The monoisotopic (exact) mass is 333 g/mol. The Labute approximate surface area is 135 Å². The molecule has 1 amide bonds. The highest BCUT2D eigenvalue weighted by molar-refractivity contribution is 7.08. The van der Waals surface area contributed by atoms with Gasteiger partial charge < -0.3 is 5.32 Å². The lowest BCUT2D eigenvalue weighted by molar-refractivity contribution is -0.122. The van der Waals surface area contributed by atoms with Crippen molar-refractivity contribution >= 4 is 28.8 Å². The van der Waals surface area contributed by atoms with Gasteiger partial charge in [0, 0.05) is 5.02 Å². The van der Waals surface area contributed by atoms with Crippen LogP contribution in [0.5, 0.6) is 0 Å². The number of rotatable bonds is 5.